The smallest absolute Gasteiger partial charge is 0.224 e. The van der Waals surface area contributed by atoms with Crippen molar-refractivity contribution in [2.75, 3.05) is 11.9 Å². The Morgan fingerprint density at radius 3 is 2.58 bits per heavy atom. The van der Waals surface area contributed by atoms with Crippen LogP contribution in [0.5, 0.6) is 5.75 Å². The first kappa shape index (κ1) is 17.9. The number of anilines is 1. The van der Waals surface area contributed by atoms with Crippen molar-refractivity contribution in [2.24, 2.45) is 5.73 Å². The lowest BCUT2D eigenvalue weighted by Gasteiger charge is -2.07. The number of nitrogens with zero attached hydrogens (tertiary/aromatic N) is 1. The monoisotopic (exact) mass is 369 g/mol. The van der Waals surface area contributed by atoms with Crippen LogP contribution in [0.25, 0.3) is 10.2 Å². The van der Waals surface area contributed by atoms with Gasteiger partial charge >= 0.3 is 0 Å². The molecule has 0 aliphatic carbocycles. The predicted octanol–water partition coefficient (Wildman–Crippen LogP) is 3.12. The molecular weight excluding hydrogens is 350 g/mol. The van der Waals surface area contributed by atoms with Gasteiger partial charge in [-0.3, -0.25) is 9.59 Å². The van der Waals surface area contributed by atoms with E-state index in [1.807, 2.05) is 24.3 Å². The van der Waals surface area contributed by atoms with Crippen molar-refractivity contribution < 1.29 is 14.3 Å². The van der Waals surface area contributed by atoms with Crippen molar-refractivity contribution in [3.05, 3.63) is 53.5 Å². The molecule has 0 saturated carbocycles. The molecule has 3 N–H and O–H groups in total. The summed E-state index contributed by atoms with van der Waals surface area (Å²) in [7, 11) is 0. The highest BCUT2D eigenvalue weighted by molar-refractivity contribution is 7.18. The van der Waals surface area contributed by atoms with Gasteiger partial charge in [-0.15, -0.1) is 11.3 Å². The van der Waals surface area contributed by atoms with Gasteiger partial charge in [0.1, 0.15) is 5.75 Å². The fraction of sp³-hybridized carbons (Fsp3) is 0.211. The van der Waals surface area contributed by atoms with Crippen LogP contribution in [-0.2, 0) is 16.0 Å². The Labute approximate surface area is 155 Å². The quantitative estimate of drug-likeness (QED) is 0.638. The summed E-state index contributed by atoms with van der Waals surface area (Å²) in [6.45, 7) is 0.239. The van der Waals surface area contributed by atoms with Crippen LogP contribution in [-0.4, -0.2) is 23.4 Å². The van der Waals surface area contributed by atoms with E-state index in [1.54, 1.807) is 35.6 Å². The number of nitrogens with one attached hydrogen (secondary N) is 1. The van der Waals surface area contributed by atoms with E-state index in [0.717, 1.165) is 15.2 Å². The van der Waals surface area contributed by atoms with Crippen LogP contribution in [0.1, 0.15) is 17.8 Å². The van der Waals surface area contributed by atoms with Gasteiger partial charge in [-0.25, -0.2) is 4.98 Å². The minimum atomic E-state index is -0.401. The molecule has 0 atom stereocenters. The number of thiazole rings is 1. The van der Waals surface area contributed by atoms with E-state index < -0.39 is 5.91 Å². The minimum absolute atomic E-state index is 0.0633. The first-order valence-electron chi connectivity index (χ1n) is 8.25. The number of para-hydroxylation sites is 1. The number of hydrogen-bond acceptors (Lipinski definition) is 5. The molecule has 0 saturated heterocycles. The van der Waals surface area contributed by atoms with Crippen LogP contribution < -0.4 is 15.8 Å². The summed E-state index contributed by atoms with van der Waals surface area (Å²) in [4.78, 5) is 27.3. The molecule has 0 aliphatic rings. The second kappa shape index (κ2) is 8.44. The van der Waals surface area contributed by atoms with Crippen molar-refractivity contribution in [1.29, 1.82) is 0 Å². The Morgan fingerprint density at radius 1 is 1.08 bits per heavy atom. The highest BCUT2D eigenvalue weighted by Crippen LogP contribution is 2.22. The molecule has 26 heavy (non-hydrogen) atoms. The average molecular weight is 369 g/mol. The summed E-state index contributed by atoms with van der Waals surface area (Å²) in [5.41, 5.74) is 6.73. The number of amides is 2. The molecule has 0 aliphatic heterocycles. The molecule has 2 amide bonds. The molecule has 7 heteroatoms. The summed E-state index contributed by atoms with van der Waals surface area (Å²) in [5.74, 6) is 0.160. The fourth-order valence-corrected chi connectivity index (χ4v) is 3.34. The van der Waals surface area contributed by atoms with Gasteiger partial charge in [-0.05, 0) is 36.4 Å². The van der Waals surface area contributed by atoms with Crippen molar-refractivity contribution in [3.8, 4) is 5.75 Å². The summed E-state index contributed by atoms with van der Waals surface area (Å²) in [6, 6.07) is 14.9. The molecule has 0 spiro atoms. The fourth-order valence-electron chi connectivity index (χ4n) is 2.37. The molecule has 3 rings (SSSR count). The largest absolute Gasteiger partial charge is 0.493 e. The van der Waals surface area contributed by atoms with Crippen molar-refractivity contribution in [3.63, 3.8) is 0 Å². The molecule has 134 valence electrons. The topological polar surface area (TPSA) is 94.3 Å². The van der Waals surface area contributed by atoms with Gasteiger partial charge in [-0.2, -0.15) is 0 Å². The molecular formula is C19H19N3O3S. The van der Waals surface area contributed by atoms with E-state index in [9.17, 15) is 9.59 Å². The lowest BCUT2D eigenvalue weighted by atomic mass is 10.2. The standard InChI is InChI=1S/C19H19N3O3S/c20-17(23)11-12-25-14-7-5-13(6-8-14)21-18(24)9-10-19-22-15-3-1-2-4-16(15)26-19/h1-8H,9-12H2,(H2,20,23)(H,21,24). The van der Waals surface area contributed by atoms with Gasteiger partial charge in [-0.1, -0.05) is 12.1 Å². The molecule has 0 unspecified atom stereocenters. The maximum Gasteiger partial charge on any atom is 0.224 e. The van der Waals surface area contributed by atoms with Gasteiger partial charge in [0.15, 0.2) is 0 Å². The summed E-state index contributed by atoms with van der Waals surface area (Å²) < 4.78 is 6.52. The number of fused-ring (bicyclic) bond motifs is 1. The van der Waals surface area contributed by atoms with Crippen molar-refractivity contribution in [1.82, 2.24) is 4.98 Å². The Kier molecular flexibility index (Phi) is 5.80. The number of primary amides is 1. The van der Waals surface area contributed by atoms with Gasteiger partial charge < -0.3 is 15.8 Å². The number of carbonyl (C=O) groups excluding carboxylic acids is 2. The van der Waals surface area contributed by atoms with Gasteiger partial charge in [0, 0.05) is 18.5 Å². The second-order valence-electron chi connectivity index (χ2n) is 5.71. The summed E-state index contributed by atoms with van der Waals surface area (Å²) in [5, 5.41) is 3.81. The highest BCUT2D eigenvalue weighted by atomic mass is 32.1. The summed E-state index contributed by atoms with van der Waals surface area (Å²) >= 11 is 1.62. The van der Waals surface area contributed by atoms with Gasteiger partial charge in [0.05, 0.1) is 28.3 Å². The van der Waals surface area contributed by atoms with E-state index in [1.165, 1.54) is 0 Å². The lowest BCUT2D eigenvalue weighted by molar-refractivity contribution is -0.118. The molecule has 2 aromatic carbocycles. The van der Waals surface area contributed by atoms with E-state index in [2.05, 4.69) is 10.3 Å². The van der Waals surface area contributed by atoms with Crippen molar-refractivity contribution in [2.45, 2.75) is 19.3 Å². The normalized spacial score (nSPS) is 10.6. The summed E-state index contributed by atoms with van der Waals surface area (Å²) in [6.07, 6.45) is 1.15. The third-order valence-corrected chi connectivity index (χ3v) is 4.76. The molecule has 0 radical (unpaired) electrons. The number of aromatic nitrogens is 1. The van der Waals surface area contributed by atoms with Crippen LogP contribution in [0.15, 0.2) is 48.5 Å². The van der Waals surface area contributed by atoms with Crippen LogP contribution in [0.3, 0.4) is 0 Å². The molecule has 1 heterocycles. The van der Waals surface area contributed by atoms with Crippen LogP contribution >= 0.6 is 11.3 Å². The number of rotatable bonds is 8. The third-order valence-electron chi connectivity index (χ3n) is 3.66. The molecule has 0 fully saturated rings. The van der Waals surface area contributed by atoms with Crippen LogP contribution in [0, 0.1) is 0 Å². The zero-order valence-corrected chi connectivity index (χ0v) is 14.9. The number of ether oxygens (including phenoxy) is 1. The van der Waals surface area contributed by atoms with Crippen molar-refractivity contribution >= 4 is 39.1 Å². The lowest BCUT2D eigenvalue weighted by Crippen LogP contribution is -2.14. The predicted molar refractivity (Wildman–Crippen MR) is 102 cm³/mol. The minimum Gasteiger partial charge on any atom is -0.493 e. The maximum absolute atomic E-state index is 12.1. The molecule has 0 bridgehead atoms. The van der Waals surface area contributed by atoms with E-state index >= 15 is 0 Å². The Hall–Kier alpha value is -2.93. The van der Waals surface area contributed by atoms with E-state index in [4.69, 9.17) is 10.5 Å². The van der Waals surface area contributed by atoms with Gasteiger partial charge in [0.25, 0.3) is 0 Å². The maximum atomic E-state index is 12.1. The number of carbonyl (C=O) groups is 2. The average Bonchev–Trinajstić information content (AvgIpc) is 3.04. The first-order chi connectivity index (χ1) is 12.6. The Bertz CT molecular complexity index is 873. The number of aryl methyl sites for hydroxylation is 1. The Balaban J connectivity index is 1.47. The van der Waals surface area contributed by atoms with Gasteiger partial charge in [0.2, 0.25) is 11.8 Å². The number of nitrogens with two attached hydrogens (primary N) is 1. The number of hydrogen-bond donors (Lipinski definition) is 2. The second-order valence-corrected chi connectivity index (χ2v) is 6.83. The molecule has 3 aromatic rings. The zero-order chi connectivity index (χ0) is 18.4. The Morgan fingerprint density at radius 2 is 1.85 bits per heavy atom. The molecule has 6 nitrogen and oxygen atoms in total. The first-order valence-corrected chi connectivity index (χ1v) is 9.07. The highest BCUT2D eigenvalue weighted by Gasteiger charge is 2.07. The van der Waals surface area contributed by atoms with E-state index in [-0.39, 0.29) is 18.9 Å². The third kappa shape index (κ3) is 5.03. The zero-order valence-electron chi connectivity index (χ0n) is 14.1. The molecule has 1 aromatic heterocycles. The van der Waals surface area contributed by atoms with E-state index in [0.29, 0.717) is 24.3 Å². The van der Waals surface area contributed by atoms with Crippen LogP contribution in [0.4, 0.5) is 5.69 Å². The van der Waals surface area contributed by atoms with Crippen LogP contribution in [0.2, 0.25) is 0 Å². The number of benzene rings is 2. The SMILES string of the molecule is NC(=O)CCOc1ccc(NC(=O)CCc2nc3ccccc3s2)cc1.